The van der Waals surface area contributed by atoms with E-state index in [1.807, 2.05) is 0 Å². The minimum absolute atomic E-state index is 0.263. The van der Waals surface area contributed by atoms with E-state index >= 15 is 0 Å². The van der Waals surface area contributed by atoms with Gasteiger partial charge in [0.25, 0.3) is 5.91 Å². The predicted molar refractivity (Wildman–Crippen MR) is 59.4 cm³/mol. The Balaban J connectivity index is 2.62. The third-order valence-corrected chi connectivity index (χ3v) is 2.68. The Labute approximate surface area is 105 Å². The molecule has 0 aliphatic heterocycles. The Morgan fingerprint density at radius 2 is 2.29 bits per heavy atom. The van der Waals surface area contributed by atoms with Gasteiger partial charge in [-0.15, -0.1) is 0 Å². The summed E-state index contributed by atoms with van der Waals surface area (Å²) in [5.74, 6) is -1.24. The highest BCUT2D eigenvalue weighted by Gasteiger charge is 2.22. The van der Waals surface area contributed by atoms with Crippen molar-refractivity contribution >= 4 is 40.4 Å². The molecule has 1 heterocycles. The maximum absolute atomic E-state index is 11.5. The van der Waals surface area contributed by atoms with E-state index in [4.69, 9.17) is 22.5 Å². The molecule has 0 unspecified atom stereocenters. The molecule has 0 amide bonds. The minimum atomic E-state index is -3.70. The first kappa shape index (κ1) is 14.1. The summed E-state index contributed by atoms with van der Waals surface area (Å²) in [6.07, 6.45) is -1.70. The van der Waals surface area contributed by atoms with E-state index in [2.05, 4.69) is 9.51 Å². The quantitative estimate of drug-likeness (QED) is 0.470. The van der Waals surface area contributed by atoms with E-state index in [9.17, 15) is 19.5 Å². The lowest BCUT2D eigenvalue weighted by Gasteiger charge is -2.03. The standard InChI is InChI=1S/C6H6Cl2N3O5P/c7-17(8,15)16-4-1-5(12)10-3-2-9-6(10)11(13)14/h2-3H,1,4H2. The molecular weight excluding hydrogens is 296 g/mol. The SMILES string of the molecule is O=C(CCOP(=O)(Cl)Cl)n1ccnc1[N+](=O)[O-]. The number of halogens is 2. The maximum atomic E-state index is 11.5. The number of imidazole rings is 1. The summed E-state index contributed by atoms with van der Waals surface area (Å²) < 4.78 is 15.9. The molecule has 11 heteroatoms. The van der Waals surface area contributed by atoms with Crippen LogP contribution in [-0.4, -0.2) is 27.0 Å². The van der Waals surface area contributed by atoms with Gasteiger partial charge in [0.05, 0.1) is 13.0 Å². The van der Waals surface area contributed by atoms with Gasteiger partial charge < -0.3 is 14.6 Å². The zero-order chi connectivity index (χ0) is 13.1. The zero-order valence-electron chi connectivity index (χ0n) is 8.15. The van der Waals surface area contributed by atoms with Gasteiger partial charge in [0.2, 0.25) is 0 Å². The third-order valence-electron chi connectivity index (χ3n) is 1.61. The van der Waals surface area contributed by atoms with Crippen LogP contribution >= 0.6 is 28.6 Å². The molecule has 1 rings (SSSR count). The van der Waals surface area contributed by atoms with Crippen LogP contribution in [-0.2, 0) is 9.09 Å². The lowest BCUT2D eigenvalue weighted by Crippen LogP contribution is -2.14. The van der Waals surface area contributed by atoms with Crippen LogP contribution in [0.25, 0.3) is 0 Å². The first-order chi connectivity index (χ1) is 7.81. The summed E-state index contributed by atoms with van der Waals surface area (Å²) >= 11 is 10.2. The van der Waals surface area contributed by atoms with Crippen LogP contribution < -0.4 is 0 Å². The lowest BCUT2D eigenvalue weighted by molar-refractivity contribution is -0.395. The Hall–Kier alpha value is -0.950. The van der Waals surface area contributed by atoms with E-state index in [0.29, 0.717) is 0 Å². The zero-order valence-corrected chi connectivity index (χ0v) is 10.6. The van der Waals surface area contributed by atoms with Crippen molar-refractivity contribution in [3.05, 3.63) is 22.5 Å². The smallest absolute Gasteiger partial charge is 0.390 e. The number of carbonyl (C=O) groups is 1. The Morgan fingerprint density at radius 1 is 1.65 bits per heavy atom. The molecule has 8 nitrogen and oxygen atoms in total. The van der Waals surface area contributed by atoms with E-state index in [1.165, 1.54) is 0 Å². The fourth-order valence-electron chi connectivity index (χ4n) is 0.985. The summed E-state index contributed by atoms with van der Waals surface area (Å²) in [6.45, 7) is -0.307. The second kappa shape index (κ2) is 5.59. The highest BCUT2D eigenvalue weighted by molar-refractivity contribution is 8.05. The van der Waals surface area contributed by atoms with Gasteiger partial charge in [-0.3, -0.25) is 9.36 Å². The topological polar surface area (TPSA) is 104 Å². The van der Waals surface area contributed by atoms with Gasteiger partial charge >= 0.3 is 12.0 Å². The lowest BCUT2D eigenvalue weighted by atomic mass is 10.4. The molecule has 0 atom stereocenters. The normalized spacial score (nSPS) is 11.4. The molecule has 1 aromatic heterocycles. The van der Waals surface area contributed by atoms with Crippen molar-refractivity contribution in [1.29, 1.82) is 0 Å². The van der Waals surface area contributed by atoms with Crippen LogP contribution in [0.5, 0.6) is 0 Å². The predicted octanol–water partition coefficient (Wildman–Crippen LogP) is 2.42. The van der Waals surface area contributed by atoms with Crippen molar-refractivity contribution < 1.29 is 18.8 Å². The molecule has 0 radical (unpaired) electrons. The van der Waals surface area contributed by atoms with Crippen molar-refractivity contribution in [2.75, 3.05) is 6.61 Å². The summed E-state index contributed by atoms with van der Waals surface area (Å²) in [4.78, 5) is 24.5. The van der Waals surface area contributed by atoms with Crippen LogP contribution in [0.4, 0.5) is 5.95 Å². The van der Waals surface area contributed by atoms with Crippen LogP contribution in [0.15, 0.2) is 12.4 Å². The van der Waals surface area contributed by atoms with Gasteiger partial charge in [-0.25, -0.2) is 0 Å². The Bertz CT molecular complexity index is 484. The average molecular weight is 302 g/mol. The number of rotatable bonds is 5. The van der Waals surface area contributed by atoms with Gasteiger partial charge in [-0.2, -0.15) is 4.57 Å². The van der Waals surface area contributed by atoms with Gasteiger partial charge in [0, 0.05) is 0 Å². The molecule has 94 valence electrons. The number of aromatic nitrogens is 2. The number of nitro groups is 1. The number of carbonyl (C=O) groups excluding carboxylic acids is 1. The van der Waals surface area contributed by atoms with Gasteiger partial charge in [0.15, 0.2) is 0 Å². The molecule has 0 aliphatic carbocycles. The fourth-order valence-corrected chi connectivity index (χ4v) is 1.70. The molecule has 1 aromatic rings. The summed E-state index contributed by atoms with van der Waals surface area (Å²) in [7, 11) is 0. The third kappa shape index (κ3) is 4.43. The fraction of sp³-hybridized carbons (Fsp3) is 0.333. The van der Waals surface area contributed by atoms with Crippen molar-refractivity contribution in [2.24, 2.45) is 0 Å². The molecule has 0 bridgehead atoms. The van der Waals surface area contributed by atoms with Crippen molar-refractivity contribution in [3.8, 4) is 0 Å². The van der Waals surface area contributed by atoms with Gasteiger partial charge in [0.1, 0.15) is 12.4 Å². The Kier molecular flexibility index (Phi) is 4.64. The average Bonchev–Trinajstić information content (AvgIpc) is 2.63. The van der Waals surface area contributed by atoms with E-state index in [-0.39, 0.29) is 13.0 Å². The van der Waals surface area contributed by atoms with Crippen LogP contribution in [0.3, 0.4) is 0 Å². The molecule has 0 saturated carbocycles. The van der Waals surface area contributed by atoms with Crippen LogP contribution in [0.2, 0.25) is 0 Å². The van der Waals surface area contributed by atoms with Gasteiger partial charge in [-0.05, 0) is 27.4 Å². The van der Waals surface area contributed by atoms with E-state index in [1.54, 1.807) is 0 Å². The maximum Gasteiger partial charge on any atom is 0.441 e. The summed E-state index contributed by atoms with van der Waals surface area (Å²) in [5.41, 5.74) is 0. The molecule has 17 heavy (non-hydrogen) atoms. The molecule has 0 N–H and O–H groups in total. The second-order valence-electron chi connectivity index (χ2n) is 2.75. The van der Waals surface area contributed by atoms with E-state index in [0.717, 1.165) is 17.0 Å². The first-order valence-electron chi connectivity index (χ1n) is 4.16. The number of nitrogens with zero attached hydrogens (tertiary/aromatic N) is 3. The van der Waals surface area contributed by atoms with Crippen LogP contribution in [0, 0.1) is 10.1 Å². The summed E-state index contributed by atoms with van der Waals surface area (Å²) in [5, 5.41) is 10.5. The molecule has 0 aromatic carbocycles. The highest BCUT2D eigenvalue weighted by Crippen LogP contribution is 2.57. The van der Waals surface area contributed by atoms with Gasteiger partial charge in [-0.1, -0.05) is 4.98 Å². The van der Waals surface area contributed by atoms with Crippen LogP contribution in [0.1, 0.15) is 11.2 Å². The van der Waals surface area contributed by atoms with Crippen molar-refractivity contribution in [1.82, 2.24) is 9.55 Å². The monoisotopic (exact) mass is 301 g/mol. The first-order valence-corrected chi connectivity index (χ1v) is 7.59. The summed E-state index contributed by atoms with van der Waals surface area (Å²) in [6, 6.07) is 0. The van der Waals surface area contributed by atoms with Crippen molar-refractivity contribution in [2.45, 2.75) is 6.42 Å². The largest absolute Gasteiger partial charge is 0.441 e. The molecule has 0 spiro atoms. The second-order valence-corrected chi connectivity index (χ2v) is 7.02. The minimum Gasteiger partial charge on any atom is -0.390 e. The Morgan fingerprint density at radius 3 is 2.82 bits per heavy atom. The molecule has 0 aliphatic rings. The molecular formula is C6H6Cl2N3O5P. The van der Waals surface area contributed by atoms with Crippen molar-refractivity contribution in [3.63, 3.8) is 0 Å². The number of hydrogen-bond donors (Lipinski definition) is 0. The highest BCUT2D eigenvalue weighted by atomic mass is 35.9. The van der Waals surface area contributed by atoms with E-state index < -0.39 is 22.9 Å². The number of hydrogen-bond acceptors (Lipinski definition) is 6. The molecule has 0 fully saturated rings. The molecule has 0 saturated heterocycles.